The predicted molar refractivity (Wildman–Crippen MR) is 92.2 cm³/mol. The van der Waals surface area contributed by atoms with E-state index < -0.39 is 0 Å². The first-order valence-corrected chi connectivity index (χ1v) is 8.19. The molecule has 0 aliphatic carbocycles. The lowest BCUT2D eigenvalue weighted by atomic mass is 10.1. The van der Waals surface area contributed by atoms with Gasteiger partial charge in [-0.05, 0) is 30.7 Å². The van der Waals surface area contributed by atoms with E-state index in [1.807, 2.05) is 64.0 Å². The molecule has 3 heterocycles. The maximum absolute atomic E-state index is 13.1. The number of carbonyl (C=O) groups is 1. The van der Waals surface area contributed by atoms with Crippen molar-refractivity contribution in [2.75, 3.05) is 24.7 Å². The van der Waals surface area contributed by atoms with Crippen LogP contribution in [0.4, 0.5) is 5.69 Å². The third kappa shape index (κ3) is 2.90. The number of imidazole rings is 1. The molecule has 3 aromatic rings. The molecule has 0 saturated carbocycles. The van der Waals surface area contributed by atoms with Crippen molar-refractivity contribution in [3.8, 4) is 0 Å². The lowest BCUT2D eigenvalue weighted by molar-refractivity contribution is 0.0977. The number of amides is 1. The van der Waals surface area contributed by atoms with E-state index in [0.717, 1.165) is 24.4 Å². The molecule has 1 atom stereocenters. The monoisotopic (exact) mass is 321 g/mol. The summed E-state index contributed by atoms with van der Waals surface area (Å²) in [5.74, 6) is 0.294. The number of hydrogen-bond acceptors (Lipinski definition) is 3. The van der Waals surface area contributed by atoms with Crippen molar-refractivity contribution >= 4 is 17.2 Å². The quantitative estimate of drug-likeness (QED) is 0.742. The van der Waals surface area contributed by atoms with Crippen LogP contribution < -0.4 is 4.90 Å². The largest absolute Gasteiger partial charge is 0.381 e. The van der Waals surface area contributed by atoms with Crippen molar-refractivity contribution in [2.24, 2.45) is 5.92 Å². The third-order valence-corrected chi connectivity index (χ3v) is 4.36. The number of pyridine rings is 1. The summed E-state index contributed by atoms with van der Waals surface area (Å²) in [6.45, 7) is 2.13. The molecular formula is C19H19N3O2. The molecule has 1 aliphatic heterocycles. The highest BCUT2D eigenvalue weighted by Crippen LogP contribution is 2.22. The van der Waals surface area contributed by atoms with Gasteiger partial charge in [0, 0.05) is 37.2 Å². The van der Waals surface area contributed by atoms with Crippen LogP contribution in [-0.4, -0.2) is 35.1 Å². The molecule has 0 bridgehead atoms. The summed E-state index contributed by atoms with van der Waals surface area (Å²) in [6, 6.07) is 15.5. The zero-order valence-corrected chi connectivity index (χ0v) is 13.3. The van der Waals surface area contributed by atoms with E-state index in [1.54, 1.807) is 6.20 Å². The Labute approximate surface area is 140 Å². The zero-order chi connectivity index (χ0) is 16.4. The second kappa shape index (κ2) is 6.45. The zero-order valence-electron chi connectivity index (χ0n) is 13.3. The molecule has 24 heavy (non-hydrogen) atoms. The minimum atomic E-state index is -0.0724. The fourth-order valence-electron chi connectivity index (χ4n) is 3.08. The Morgan fingerprint density at radius 2 is 2.04 bits per heavy atom. The number of carbonyl (C=O) groups excluding carboxylic acids is 1. The summed E-state index contributed by atoms with van der Waals surface area (Å²) in [5.41, 5.74) is 2.13. The summed E-state index contributed by atoms with van der Waals surface area (Å²) in [6.07, 6.45) is 4.68. The van der Waals surface area contributed by atoms with Gasteiger partial charge in [0.1, 0.15) is 11.3 Å². The van der Waals surface area contributed by atoms with Gasteiger partial charge in [0.25, 0.3) is 5.91 Å². The number of aromatic nitrogens is 2. The van der Waals surface area contributed by atoms with Crippen LogP contribution in [0.1, 0.15) is 16.9 Å². The maximum atomic E-state index is 13.1. The van der Waals surface area contributed by atoms with Crippen LogP contribution >= 0.6 is 0 Å². The second-order valence-electron chi connectivity index (χ2n) is 6.07. The highest BCUT2D eigenvalue weighted by molar-refractivity contribution is 6.05. The maximum Gasteiger partial charge on any atom is 0.278 e. The molecule has 2 aromatic heterocycles. The van der Waals surface area contributed by atoms with E-state index in [4.69, 9.17) is 4.74 Å². The first kappa shape index (κ1) is 14.9. The molecule has 5 heteroatoms. The number of anilines is 1. The molecule has 0 N–H and O–H groups in total. The molecule has 1 saturated heterocycles. The third-order valence-electron chi connectivity index (χ3n) is 4.36. The topological polar surface area (TPSA) is 46.8 Å². The van der Waals surface area contributed by atoms with Gasteiger partial charge in [-0.1, -0.05) is 24.3 Å². The van der Waals surface area contributed by atoms with Gasteiger partial charge in [-0.2, -0.15) is 0 Å². The summed E-state index contributed by atoms with van der Waals surface area (Å²) >= 11 is 0. The van der Waals surface area contributed by atoms with Gasteiger partial charge in [0.15, 0.2) is 0 Å². The van der Waals surface area contributed by atoms with Gasteiger partial charge in [-0.15, -0.1) is 0 Å². The van der Waals surface area contributed by atoms with Crippen LogP contribution in [0.5, 0.6) is 0 Å². The van der Waals surface area contributed by atoms with Gasteiger partial charge >= 0.3 is 0 Å². The number of para-hydroxylation sites is 1. The first-order valence-electron chi connectivity index (χ1n) is 8.19. The summed E-state index contributed by atoms with van der Waals surface area (Å²) in [4.78, 5) is 19.4. The normalized spacial score (nSPS) is 17.2. The molecule has 1 aromatic carbocycles. The van der Waals surface area contributed by atoms with E-state index in [0.29, 0.717) is 24.8 Å². The predicted octanol–water partition coefficient (Wildman–Crippen LogP) is 3.02. The minimum Gasteiger partial charge on any atom is -0.381 e. The van der Waals surface area contributed by atoms with E-state index in [-0.39, 0.29) is 5.91 Å². The van der Waals surface area contributed by atoms with Gasteiger partial charge in [-0.3, -0.25) is 4.79 Å². The van der Waals surface area contributed by atoms with E-state index >= 15 is 0 Å². The highest BCUT2D eigenvalue weighted by atomic mass is 16.5. The highest BCUT2D eigenvalue weighted by Gasteiger charge is 2.26. The Kier molecular flexibility index (Phi) is 4.01. The molecule has 1 unspecified atom stereocenters. The number of hydrogen-bond donors (Lipinski definition) is 0. The number of ether oxygens (including phenoxy) is 1. The van der Waals surface area contributed by atoms with Crippen molar-refractivity contribution in [3.63, 3.8) is 0 Å². The van der Waals surface area contributed by atoms with Crippen molar-refractivity contribution in [3.05, 3.63) is 66.6 Å². The number of fused-ring (bicyclic) bond motifs is 1. The average molecular weight is 321 g/mol. The Balaban J connectivity index is 1.67. The Morgan fingerprint density at radius 3 is 2.79 bits per heavy atom. The van der Waals surface area contributed by atoms with Crippen LogP contribution in [0.3, 0.4) is 0 Å². The van der Waals surface area contributed by atoms with Crippen molar-refractivity contribution in [1.82, 2.24) is 9.38 Å². The minimum absolute atomic E-state index is 0.0724. The van der Waals surface area contributed by atoms with Crippen LogP contribution in [0, 0.1) is 5.92 Å². The molecule has 5 nitrogen and oxygen atoms in total. The SMILES string of the molecule is O=C(c1cn2ccccc2n1)N(CC1CCOC1)c1ccccc1. The fraction of sp³-hybridized carbons (Fsp3) is 0.263. The molecule has 0 radical (unpaired) electrons. The van der Waals surface area contributed by atoms with E-state index in [2.05, 4.69) is 4.98 Å². The second-order valence-corrected chi connectivity index (χ2v) is 6.07. The molecule has 1 amide bonds. The van der Waals surface area contributed by atoms with Gasteiger partial charge < -0.3 is 14.0 Å². The average Bonchev–Trinajstić information content (AvgIpc) is 3.29. The molecule has 4 rings (SSSR count). The fourth-order valence-corrected chi connectivity index (χ4v) is 3.08. The van der Waals surface area contributed by atoms with Crippen molar-refractivity contribution in [2.45, 2.75) is 6.42 Å². The summed E-state index contributed by atoms with van der Waals surface area (Å²) in [7, 11) is 0. The van der Waals surface area contributed by atoms with Crippen molar-refractivity contribution < 1.29 is 9.53 Å². The smallest absolute Gasteiger partial charge is 0.278 e. The van der Waals surface area contributed by atoms with Gasteiger partial charge in [-0.25, -0.2) is 4.98 Å². The van der Waals surface area contributed by atoms with Crippen LogP contribution in [0.15, 0.2) is 60.9 Å². The lowest BCUT2D eigenvalue weighted by Gasteiger charge is -2.24. The Morgan fingerprint density at radius 1 is 1.21 bits per heavy atom. The Bertz CT molecular complexity index is 805. The number of nitrogens with zero attached hydrogens (tertiary/aromatic N) is 3. The van der Waals surface area contributed by atoms with Crippen LogP contribution in [0.2, 0.25) is 0 Å². The Hall–Kier alpha value is -2.66. The summed E-state index contributed by atoms with van der Waals surface area (Å²) in [5, 5.41) is 0. The molecular weight excluding hydrogens is 302 g/mol. The van der Waals surface area contributed by atoms with Gasteiger partial charge in [0.2, 0.25) is 0 Å². The molecule has 0 spiro atoms. The number of benzene rings is 1. The summed E-state index contributed by atoms with van der Waals surface area (Å²) < 4.78 is 7.34. The lowest BCUT2D eigenvalue weighted by Crippen LogP contribution is -2.36. The first-order chi connectivity index (χ1) is 11.8. The molecule has 122 valence electrons. The van der Waals surface area contributed by atoms with Crippen LogP contribution in [0.25, 0.3) is 5.65 Å². The van der Waals surface area contributed by atoms with Crippen molar-refractivity contribution in [1.29, 1.82) is 0 Å². The number of rotatable bonds is 4. The van der Waals surface area contributed by atoms with E-state index in [1.165, 1.54) is 0 Å². The molecule has 1 fully saturated rings. The van der Waals surface area contributed by atoms with Crippen LogP contribution in [-0.2, 0) is 4.74 Å². The molecule has 1 aliphatic rings. The van der Waals surface area contributed by atoms with Gasteiger partial charge in [0.05, 0.1) is 6.61 Å². The van der Waals surface area contributed by atoms with E-state index in [9.17, 15) is 4.79 Å². The standard InChI is InChI=1S/C19H19N3O2/c23-19(17-13-21-10-5-4-8-18(21)20-17)22(12-15-9-11-24-14-15)16-6-2-1-3-7-16/h1-8,10,13,15H,9,11-12,14H2.